The molecule has 0 unspecified atom stereocenters. The fourth-order valence-electron chi connectivity index (χ4n) is 1.87. The van der Waals surface area contributed by atoms with Crippen LogP contribution in [0, 0.1) is 5.82 Å². The first kappa shape index (κ1) is 17.2. The lowest BCUT2D eigenvalue weighted by atomic mass is 10.2. The summed E-state index contributed by atoms with van der Waals surface area (Å²) in [6.07, 6.45) is 3.88. The number of benzene rings is 2. The van der Waals surface area contributed by atoms with Gasteiger partial charge in [-0.1, -0.05) is 48.6 Å². The zero-order valence-electron chi connectivity index (χ0n) is 12.5. The predicted octanol–water partition coefficient (Wildman–Crippen LogP) is 4.92. The summed E-state index contributed by atoms with van der Waals surface area (Å²) >= 11 is 3.11. The first-order valence-electron chi connectivity index (χ1n) is 7.21. The standard InChI is InChI=1S/C18H17BrFNO2/c19-16-10-9-14(12-17(16)20)6-4-5-11-21-18(22)23-13-15-7-2-1-3-8-15/h1-4,6-10,12H,5,11,13H2,(H,21,22). The molecule has 0 spiro atoms. The number of amides is 1. The van der Waals surface area contributed by atoms with Gasteiger partial charge >= 0.3 is 6.09 Å². The van der Waals surface area contributed by atoms with E-state index in [0.29, 0.717) is 17.4 Å². The number of hydrogen-bond donors (Lipinski definition) is 1. The zero-order chi connectivity index (χ0) is 16.5. The van der Waals surface area contributed by atoms with E-state index in [0.717, 1.165) is 11.1 Å². The minimum atomic E-state index is -0.447. The van der Waals surface area contributed by atoms with E-state index in [1.165, 1.54) is 6.07 Å². The second kappa shape index (κ2) is 9.10. The maximum atomic E-state index is 13.3. The minimum Gasteiger partial charge on any atom is -0.445 e. The normalized spacial score (nSPS) is 10.7. The number of carbonyl (C=O) groups is 1. The topological polar surface area (TPSA) is 38.3 Å². The summed E-state index contributed by atoms with van der Waals surface area (Å²) in [5, 5.41) is 2.67. The Bertz CT molecular complexity index is 674. The van der Waals surface area contributed by atoms with Crippen molar-refractivity contribution in [3.8, 4) is 0 Å². The fourth-order valence-corrected chi connectivity index (χ4v) is 2.11. The molecule has 2 aromatic carbocycles. The first-order chi connectivity index (χ1) is 11.1. The molecular weight excluding hydrogens is 361 g/mol. The number of rotatable bonds is 6. The van der Waals surface area contributed by atoms with E-state index in [1.807, 2.05) is 48.6 Å². The lowest BCUT2D eigenvalue weighted by Crippen LogP contribution is -2.24. The highest BCUT2D eigenvalue weighted by molar-refractivity contribution is 9.10. The highest BCUT2D eigenvalue weighted by atomic mass is 79.9. The van der Waals surface area contributed by atoms with E-state index >= 15 is 0 Å². The second-order valence-electron chi connectivity index (χ2n) is 4.85. The molecule has 3 nitrogen and oxygen atoms in total. The van der Waals surface area contributed by atoms with Gasteiger partial charge in [-0.2, -0.15) is 0 Å². The first-order valence-corrected chi connectivity index (χ1v) is 8.00. The van der Waals surface area contributed by atoms with Gasteiger partial charge in [-0.3, -0.25) is 0 Å². The van der Waals surface area contributed by atoms with E-state index in [2.05, 4.69) is 21.2 Å². The molecule has 5 heteroatoms. The van der Waals surface area contributed by atoms with Crippen molar-refractivity contribution in [2.45, 2.75) is 13.0 Å². The van der Waals surface area contributed by atoms with Crippen LogP contribution in [0.3, 0.4) is 0 Å². The number of nitrogens with one attached hydrogen (secondary N) is 1. The Morgan fingerprint density at radius 2 is 2.00 bits per heavy atom. The van der Waals surface area contributed by atoms with Crippen molar-refractivity contribution in [1.82, 2.24) is 5.32 Å². The maximum absolute atomic E-state index is 13.3. The third kappa shape index (κ3) is 6.24. The van der Waals surface area contributed by atoms with Crippen LogP contribution in [0.25, 0.3) is 6.08 Å². The van der Waals surface area contributed by atoms with E-state index < -0.39 is 6.09 Å². The molecule has 1 amide bonds. The van der Waals surface area contributed by atoms with E-state index in [4.69, 9.17) is 4.74 Å². The van der Waals surface area contributed by atoms with Gasteiger partial charge in [-0.25, -0.2) is 9.18 Å². The lowest BCUT2D eigenvalue weighted by molar-refractivity contribution is 0.140. The Labute approximate surface area is 143 Å². The smallest absolute Gasteiger partial charge is 0.407 e. The number of carbonyl (C=O) groups excluding carboxylic acids is 1. The minimum absolute atomic E-state index is 0.251. The summed E-state index contributed by atoms with van der Waals surface area (Å²) in [5.74, 6) is -0.297. The van der Waals surface area contributed by atoms with Crippen LogP contribution in [-0.4, -0.2) is 12.6 Å². The molecule has 0 saturated carbocycles. The van der Waals surface area contributed by atoms with Crippen LogP contribution >= 0.6 is 15.9 Å². The monoisotopic (exact) mass is 377 g/mol. The summed E-state index contributed by atoms with van der Waals surface area (Å²) in [4.78, 5) is 11.5. The Balaban J connectivity index is 1.65. The molecule has 0 fully saturated rings. The van der Waals surface area contributed by atoms with Gasteiger partial charge in [0.1, 0.15) is 12.4 Å². The zero-order valence-corrected chi connectivity index (χ0v) is 14.1. The summed E-state index contributed by atoms with van der Waals surface area (Å²) in [6.45, 7) is 0.712. The van der Waals surface area contributed by atoms with Crippen LogP contribution in [0.5, 0.6) is 0 Å². The van der Waals surface area contributed by atoms with Crippen LogP contribution < -0.4 is 5.32 Å². The highest BCUT2D eigenvalue weighted by Gasteiger charge is 2.01. The molecule has 0 heterocycles. The molecule has 2 rings (SSSR count). The van der Waals surface area contributed by atoms with Crippen molar-refractivity contribution >= 4 is 28.1 Å². The molecule has 0 aromatic heterocycles. The number of hydrogen-bond acceptors (Lipinski definition) is 2. The van der Waals surface area contributed by atoms with Crippen molar-refractivity contribution < 1.29 is 13.9 Å². The average molecular weight is 378 g/mol. The molecule has 0 bridgehead atoms. The summed E-state index contributed by atoms with van der Waals surface area (Å²) in [7, 11) is 0. The highest BCUT2D eigenvalue weighted by Crippen LogP contribution is 2.17. The van der Waals surface area contributed by atoms with Crippen molar-refractivity contribution in [3.05, 3.63) is 76.0 Å². The van der Waals surface area contributed by atoms with Crippen LogP contribution in [0.4, 0.5) is 9.18 Å². The van der Waals surface area contributed by atoms with Gasteiger partial charge in [0.05, 0.1) is 4.47 Å². The van der Waals surface area contributed by atoms with E-state index in [1.54, 1.807) is 6.07 Å². The predicted molar refractivity (Wildman–Crippen MR) is 92.4 cm³/mol. The number of ether oxygens (including phenoxy) is 1. The van der Waals surface area contributed by atoms with Crippen LogP contribution in [0.1, 0.15) is 17.5 Å². The van der Waals surface area contributed by atoms with Gasteiger partial charge in [0.15, 0.2) is 0 Å². The third-order valence-electron chi connectivity index (χ3n) is 3.05. The molecule has 1 N–H and O–H groups in total. The van der Waals surface area contributed by atoms with E-state index in [-0.39, 0.29) is 12.4 Å². The molecule has 0 aliphatic rings. The van der Waals surface area contributed by atoms with Gasteiger partial charge < -0.3 is 10.1 Å². The van der Waals surface area contributed by atoms with Gasteiger partial charge in [0, 0.05) is 6.54 Å². The Morgan fingerprint density at radius 3 is 2.74 bits per heavy atom. The average Bonchev–Trinajstić information content (AvgIpc) is 2.57. The summed E-state index contributed by atoms with van der Waals surface area (Å²) in [6, 6.07) is 14.4. The molecule has 0 saturated heterocycles. The molecule has 0 aliphatic heterocycles. The lowest BCUT2D eigenvalue weighted by Gasteiger charge is -2.05. The summed E-state index contributed by atoms with van der Waals surface area (Å²) < 4.78 is 18.9. The van der Waals surface area contributed by atoms with Crippen LogP contribution in [0.15, 0.2) is 59.1 Å². The number of halogens is 2. The Morgan fingerprint density at radius 1 is 1.22 bits per heavy atom. The van der Waals surface area contributed by atoms with Crippen molar-refractivity contribution in [1.29, 1.82) is 0 Å². The van der Waals surface area contributed by atoms with E-state index in [9.17, 15) is 9.18 Å². The molecule has 0 atom stereocenters. The molecule has 120 valence electrons. The molecule has 0 aliphatic carbocycles. The van der Waals surface area contributed by atoms with Crippen molar-refractivity contribution in [2.75, 3.05) is 6.54 Å². The van der Waals surface area contributed by atoms with Crippen molar-refractivity contribution in [2.24, 2.45) is 0 Å². The maximum Gasteiger partial charge on any atom is 0.407 e. The molecule has 0 radical (unpaired) electrons. The SMILES string of the molecule is O=C(NCCC=Cc1ccc(Br)c(F)c1)OCc1ccccc1. The van der Waals surface area contributed by atoms with Crippen LogP contribution in [-0.2, 0) is 11.3 Å². The largest absolute Gasteiger partial charge is 0.445 e. The number of alkyl carbamates (subject to hydrolysis) is 1. The summed E-state index contributed by atoms with van der Waals surface area (Å²) in [5.41, 5.74) is 1.72. The Kier molecular flexibility index (Phi) is 6.81. The van der Waals surface area contributed by atoms with Crippen LogP contribution in [0.2, 0.25) is 0 Å². The molecule has 2 aromatic rings. The second-order valence-corrected chi connectivity index (χ2v) is 5.71. The van der Waals surface area contributed by atoms with Gasteiger partial charge in [0.25, 0.3) is 0 Å². The van der Waals surface area contributed by atoms with Gasteiger partial charge in [0.2, 0.25) is 0 Å². The third-order valence-corrected chi connectivity index (χ3v) is 3.69. The Hall–Kier alpha value is -2.14. The van der Waals surface area contributed by atoms with Gasteiger partial charge in [-0.05, 0) is 45.6 Å². The van der Waals surface area contributed by atoms with Gasteiger partial charge in [-0.15, -0.1) is 0 Å². The van der Waals surface area contributed by atoms with Crippen molar-refractivity contribution in [3.63, 3.8) is 0 Å². The molecule has 23 heavy (non-hydrogen) atoms. The fraction of sp³-hybridized carbons (Fsp3) is 0.167. The quantitative estimate of drug-likeness (QED) is 0.725. The molecular formula is C18H17BrFNO2.